The van der Waals surface area contributed by atoms with E-state index in [4.69, 9.17) is 4.74 Å². The zero-order chi connectivity index (χ0) is 16.8. The van der Waals surface area contributed by atoms with Gasteiger partial charge < -0.3 is 10.1 Å². The number of nitrogens with one attached hydrogen (secondary N) is 1. The third-order valence-corrected chi connectivity index (χ3v) is 7.15. The molecule has 0 spiro atoms. The molecule has 1 amide bonds. The second-order valence-corrected chi connectivity index (χ2v) is 9.97. The minimum atomic E-state index is -0.0537. The molecule has 0 unspecified atom stereocenters. The highest BCUT2D eigenvalue weighted by Crippen LogP contribution is 2.69. The Hall–Kier alpha value is -0.610. The Balaban J connectivity index is 1.31. The van der Waals surface area contributed by atoms with Gasteiger partial charge in [-0.3, -0.25) is 9.69 Å². The molecule has 1 aliphatic heterocycles. The first-order valence-electron chi connectivity index (χ1n) is 9.99. The molecule has 4 aliphatic carbocycles. The highest BCUT2D eigenvalue weighted by atomic mass is 16.5. The number of amides is 1. The van der Waals surface area contributed by atoms with E-state index in [1.807, 2.05) is 0 Å². The lowest BCUT2D eigenvalue weighted by Gasteiger charge is -2.64. The highest BCUT2D eigenvalue weighted by Gasteiger charge is 2.62. The van der Waals surface area contributed by atoms with Gasteiger partial charge in [-0.2, -0.15) is 0 Å². The molecule has 0 radical (unpaired) electrons. The van der Waals surface area contributed by atoms with Crippen LogP contribution in [-0.2, 0) is 9.53 Å². The molecule has 1 heterocycles. The average Bonchev–Trinajstić information content (AvgIpc) is 2.49. The molecule has 0 aromatic carbocycles. The van der Waals surface area contributed by atoms with Crippen molar-refractivity contribution in [2.45, 2.75) is 58.8 Å². The fourth-order valence-electron chi connectivity index (χ4n) is 7.22. The van der Waals surface area contributed by atoms with Gasteiger partial charge in [0.25, 0.3) is 0 Å². The van der Waals surface area contributed by atoms with E-state index in [2.05, 4.69) is 24.1 Å². The SMILES string of the molecule is C[C@@]12CC3CC(C(=O)NCCCN4CCOCC4)(C1)C[C@@](C)(C3)C2. The normalized spacial score (nSPS) is 44.7. The van der Waals surface area contributed by atoms with E-state index in [1.54, 1.807) is 0 Å². The fourth-order valence-corrected chi connectivity index (χ4v) is 7.22. The first-order chi connectivity index (χ1) is 11.4. The number of hydrogen-bond donors (Lipinski definition) is 1. The van der Waals surface area contributed by atoms with Gasteiger partial charge in [0.15, 0.2) is 0 Å². The maximum Gasteiger partial charge on any atom is 0.226 e. The predicted molar refractivity (Wildman–Crippen MR) is 94.7 cm³/mol. The Bertz CT molecular complexity index is 482. The molecule has 0 aromatic heterocycles. The van der Waals surface area contributed by atoms with Crippen LogP contribution >= 0.6 is 0 Å². The standard InChI is InChI=1S/C20H34N2O2/c1-18-10-16-11-19(2,13-18)15-20(12-16,14-18)17(23)21-4-3-5-22-6-8-24-9-7-22/h16H,3-15H2,1-2H3,(H,21,23)/t16?,18-,19-,20?/m0/s1. The van der Waals surface area contributed by atoms with E-state index in [-0.39, 0.29) is 5.41 Å². The van der Waals surface area contributed by atoms with E-state index >= 15 is 0 Å². The Kier molecular flexibility index (Phi) is 4.20. The Morgan fingerprint density at radius 1 is 1.08 bits per heavy atom. The summed E-state index contributed by atoms with van der Waals surface area (Å²) in [5.74, 6) is 1.15. The molecule has 24 heavy (non-hydrogen) atoms. The van der Waals surface area contributed by atoms with Crippen LogP contribution < -0.4 is 5.32 Å². The Labute approximate surface area is 146 Å². The molecular weight excluding hydrogens is 300 g/mol. The van der Waals surface area contributed by atoms with Crippen molar-refractivity contribution in [2.75, 3.05) is 39.4 Å². The molecule has 4 saturated carbocycles. The molecule has 5 rings (SSSR count). The first kappa shape index (κ1) is 16.8. The van der Waals surface area contributed by atoms with Gasteiger partial charge in [0.2, 0.25) is 5.91 Å². The molecule has 4 bridgehead atoms. The number of nitrogens with zero attached hydrogens (tertiary/aromatic N) is 1. The quantitative estimate of drug-likeness (QED) is 0.786. The summed E-state index contributed by atoms with van der Waals surface area (Å²) in [5.41, 5.74) is 0.778. The van der Waals surface area contributed by atoms with Gasteiger partial charge in [0, 0.05) is 19.6 Å². The predicted octanol–water partition coefficient (Wildman–Crippen LogP) is 2.82. The van der Waals surface area contributed by atoms with Gasteiger partial charge >= 0.3 is 0 Å². The third kappa shape index (κ3) is 3.12. The fraction of sp³-hybridized carbons (Fsp3) is 0.950. The summed E-state index contributed by atoms with van der Waals surface area (Å²) in [4.78, 5) is 15.5. The lowest BCUT2D eigenvalue weighted by atomic mass is 9.40. The van der Waals surface area contributed by atoms with E-state index < -0.39 is 0 Å². The number of carbonyl (C=O) groups is 1. The summed E-state index contributed by atoms with van der Waals surface area (Å²) in [6.45, 7) is 10.6. The number of rotatable bonds is 5. The van der Waals surface area contributed by atoms with Gasteiger partial charge in [0.05, 0.1) is 18.6 Å². The van der Waals surface area contributed by atoms with Crippen LogP contribution in [0.25, 0.3) is 0 Å². The van der Waals surface area contributed by atoms with Gasteiger partial charge in [-0.15, -0.1) is 0 Å². The molecule has 5 aliphatic rings. The van der Waals surface area contributed by atoms with Gasteiger partial charge in [-0.25, -0.2) is 0 Å². The molecular formula is C20H34N2O2. The van der Waals surface area contributed by atoms with Crippen molar-refractivity contribution < 1.29 is 9.53 Å². The summed E-state index contributed by atoms with van der Waals surface area (Å²) in [5, 5.41) is 3.32. The number of morpholine rings is 1. The summed E-state index contributed by atoms with van der Waals surface area (Å²) < 4.78 is 5.39. The number of hydrogen-bond acceptors (Lipinski definition) is 3. The highest BCUT2D eigenvalue weighted by molar-refractivity contribution is 5.83. The number of ether oxygens (including phenoxy) is 1. The first-order valence-corrected chi connectivity index (χ1v) is 9.99. The average molecular weight is 335 g/mol. The monoisotopic (exact) mass is 334 g/mol. The maximum absolute atomic E-state index is 13.1. The van der Waals surface area contributed by atoms with E-state index in [0.29, 0.717) is 16.7 Å². The van der Waals surface area contributed by atoms with Crippen LogP contribution in [0.5, 0.6) is 0 Å². The summed E-state index contributed by atoms with van der Waals surface area (Å²) in [6.07, 6.45) is 8.50. The Morgan fingerprint density at radius 3 is 2.38 bits per heavy atom. The number of carbonyl (C=O) groups excluding carboxylic acids is 1. The van der Waals surface area contributed by atoms with Gasteiger partial charge in [0.1, 0.15) is 0 Å². The summed E-state index contributed by atoms with van der Waals surface area (Å²) in [6, 6.07) is 0. The maximum atomic E-state index is 13.1. The Morgan fingerprint density at radius 2 is 1.75 bits per heavy atom. The van der Waals surface area contributed by atoms with Crippen molar-refractivity contribution in [3.63, 3.8) is 0 Å². The van der Waals surface area contributed by atoms with Crippen LogP contribution in [0.1, 0.15) is 58.8 Å². The van der Waals surface area contributed by atoms with Crippen LogP contribution in [0, 0.1) is 22.2 Å². The lowest BCUT2D eigenvalue weighted by Crippen LogP contribution is -2.60. The van der Waals surface area contributed by atoms with E-state index in [1.165, 1.54) is 19.3 Å². The van der Waals surface area contributed by atoms with Crippen molar-refractivity contribution in [2.24, 2.45) is 22.2 Å². The van der Waals surface area contributed by atoms with E-state index in [0.717, 1.165) is 71.0 Å². The van der Waals surface area contributed by atoms with Crippen LogP contribution in [0.2, 0.25) is 0 Å². The largest absolute Gasteiger partial charge is 0.379 e. The van der Waals surface area contributed by atoms with Gasteiger partial charge in [-0.05, 0) is 68.2 Å². The zero-order valence-electron chi connectivity index (χ0n) is 15.5. The van der Waals surface area contributed by atoms with Crippen LogP contribution in [0.4, 0.5) is 0 Å². The van der Waals surface area contributed by atoms with Crippen molar-refractivity contribution in [3.8, 4) is 0 Å². The van der Waals surface area contributed by atoms with E-state index in [9.17, 15) is 4.79 Å². The summed E-state index contributed by atoms with van der Waals surface area (Å²) in [7, 11) is 0. The van der Waals surface area contributed by atoms with Crippen molar-refractivity contribution in [1.29, 1.82) is 0 Å². The minimum Gasteiger partial charge on any atom is -0.379 e. The second kappa shape index (κ2) is 5.98. The van der Waals surface area contributed by atoms with Crippen molar-refractivity contribution in [1.82, 2.24) is 10.2 Å². The summed E-state index contributed by atoms with van der Waals surface area (Å²) >= 11 is 0. The molecule has 0 aromatic rings. The molecule has 1 N–H and O–H groups in total. The molecule has 4 heteroatoms. The molecule has 1 saturated heterocycles. The lowest BCUT2D eigenvalue weighted by molar-refractivity contribution is -0.170. The topological polar surface area (TPSA) is 41.6 Å². The molecule has 4 nitrogen and oxygen atoms in total. The van der Waals surface area contributed by atoms with Crippen LogP contribution in [0.3, 0.4) is 0 Å². The van der Waals surface area contributed by atoms with Crippen LogP contribution in [-0.4, -0.2) is 50.2 Å². The molecule has 2 atom stereocenters. The van der Waals surface area contributed by atoms with Crippen LogP contribution in [0.15, 0.2) is 0 Å². The molecule has 136 valence electrons. The zero-order valence-corrected chi connectivity index (χ0v) is 15.5. The van der Waals surface area contributed by atoms with Gasteiger partial charge in [-0.1, -0.05) is 13.8 Å². The second-order valence-electron chi connectivity index (χ2n) is 9.97. The minimum absolute atomic E-state index is 0.0537. The molecule has 5 fully saturated rings. The van der Waals surface area contributed by atoms with Crippen molar-refractivity contribution in [3.05, 3.63) is 0 Å². The third-order valence-electron chi connectivity index (χ3n) is 7.15. The smallest absolute Gasteiger partial charge is 0.226 e. The van der Waals surface area contributed by atoms with Crippen molar-refractivity contribution >= 4 is 5.91 Å².